The molecule has 2 radical (unpaired) electrons. The van der Waals surface area contributed by atoms with E-state index in [-0.39, 0.29) is 85.2 Å². The second kappa shape index (κ2) is 99.7. The third-order valence-electron chi connectivity index (χ3n) is 17.8. The molecule has 0 aliphatic carbocycles. The molecule has 6 heterocycles. The van der Waals surface area contributed by atoms with E-state index in [4.69, 9.17) is 66.0 Å². The smallest absolute Gasteiger partial charge is 0.0886 e. The Kier molecular flexibility index (Phi) is 113. The van der Waals surface area contributed by atoms with Crippen LogP contribution in [-0.4, -0.2) is 70.6 Å². The van der Waals surface area contributed by atoms with Crippen molar-refractivity contribution in [2.75, 3.05) is 0 Å². The monoisotopic (exact) mass is 2170 g/mol. The van der Waals surface area contributed by atoms with E-state index in [9.17, 15) is 0 Å². The molecule has 0 amide bonds. The molecular weight excluding hydrogens is 2020 g/mol. The Hall–Kier alpha value is -8.86. The number of halogens is 2. The molecule has 0 aliphatic heterocycles. The van der Waals surface area contributed by atoms with E-state index < -0.39 is 20.5 Å². The zero-order chi connectivity index (χ0) is 90.3. The summed E-state index contributed by atoms with van der Waals surface area (Å²) in [5.41, 5.74) is 23.1. The van der Waals surface area contributed by atoms with Crippen LogP contribution in [0.3, 0.4) is 0 Å². The van der Waals surface area contributed by atoms with Crippen LogP contribution in [0.5, 0.6) is 0 Å². The standard InChI is InChI=1S/2C38H48N2.C10H8N2.2C3H8.6CHO.CH4.2ClHO4.2H3N.4H2N.2Re/c2*1-3-5-7-9-11-13-17-33-27-31(35-19-15-25-39-29-35)21-23-37(33)38-24-22-32(36-20-16-26-40-30-36)28-34(38)18-14-12-10-8-6-4-2;1-3-7-11-9(5-1)10-6-2-4-8-12-10;2*1-3-2;6*1-2;;2*2-1(3,4)5;;;;;;;;/h2*15-16,19-30H,3-14,17-18H2,1-2H3;1-8H;2*3H2,1-2H3;6*1H;1H4;2*(H,2,3,4,5);2*1H3;4*1H2;;/q;;;;;6*-1;;;;;;4*-1;;/p-2. The average molecular weight is 2170 g/mol. The van der Waals surface area contributed by atoms with Crippen molar-refractivity contribution in [2.24, 2.45) is 0 Å². The Morgan fingerprint density at radius 3 is 0.581 bits per heavy atom. The molecule has 0 bridgehead atoms. The molecule has 4 aromatic carbocycles. The van der Waals surface area contributed by atoms with E-state index in [1.165, 1.54) is 256 Å². The zero-order valence-electron chi connectivity index (χ0n) is 76.1. The third-order valence-corrected chi connectivity index (χ3v) is 17.8. The molecule has 26 nitrogen and oxygen atoms in total. The summed E-state index contributed by atoms with van der Waals surface area (Å²) in [6, 6.07) is 56.8. The van der Waals surface area contributed by atoms with Crippen molar-refractivity contribution in [2.45, 2.75) is 255 Å². The van der Waals surface area contributed by atoms with Gasteiger partial charge in [-0.25, -0.2) is 37.3 Å². The fourth-order valence-corrected chi connectivity index (χ4v) is 12.5. The fraction of sp³-hybridized carbons (Fsp3) is 0.394. The van der Waals surface area contributed by atoms with E-state index in [1.54, 1.807) is 12.4 Å². The van der Waals surface area contributed by atoms with E-state index in [0.29, 0.717) is 0 Å². The Bertz CT molecular complexity index is 3560. The third kappa shape index (κ3) is 71.6. The second-order valence-corrected chi connectivity index (χ2v) is 28.6. The summed E-state index contributed by atoms with van der Waals surface area (Å²) < 4.78 is 67.9. The van der Waals surface area contributed by atoms with Crippen molar-refractivity contribution >= 4 is 40.7 Å². The van der Waals surface area contributed by atoms with Crippen LogP contribution in [0.1, 0.15) is 252 Å². The van der Waals surface area contributed by atoms with Crippen LogP contribution in [0, 0.1) is 20.5 Å². The minimum Gasteiger partial charge on any atom is -0.693 e. The summed E-state index contributed by atoms with van der Waals surface area (Å²) in [5, 5.41) is 0. The maximum absolute atomic E-state index is 8.49. The van der Waals surface area contributed by atoms with Gasteiger partial charge in [0.1, 0.15) is 0 Å². The maximum atomic E-state index is 8.49. The first kappa shape index (κ1) is 146. The van der Waals surface area contributed by atoms with E-state index >= 15 is 0 Å². The number of hydrogen-bond donors (Lipinski definition) is 2. The maximum Gasteiger partial charge on any atom is 0.0886 e. The fourth-order valence-electron chi connectivity index (χ4n) is 12.5. The number of pyridine rings is 6. The van der Waals surface area contributed by atoms with Crippen molar-refractivity contribution in [3.63, 3.8) is 0 Å². The topological polar surface area (TPSA) is 568 Å². The van der Waals surface area contributed by atoms with Gasteiger partial charge in [-0.2, -0.15) is 0 Å². The Morgan fingerprint density at radius 1 is 0.248 bits per heavy atom. The minimum atomic E-state index is -4.94. The Labute approximate surface area is 804 Å². The van der Waals surface area contributed by atoms with Gasteiger partial charge in [0.15, 0.2) is 0 Å². The van der Waals surface area contributed by atoms with Gasteiger partial charge in [0.05, 0.1) is 11.4 Å². The quantitative estimate of drug-likeness (QED) is 0.0212. The van der Waals surface area contributed by atoms with Crippen LogP contribution in [0.15, 0.2) is 220 Å². The first-order valence-corrected chi connectivity index (χ1v) is 43.5. The van der Waals surface area contributed by atoms with Gasteiger partial charge in [-0.05, 0) is 189 Å². The largest absolute Gasteiger partial charge is 0.693 e. The van der Waals surface area contributed by atoms with E-state index in [1.807, 2.05) is 110 Å². The molecule has 129 heavy (non-hydrogen) atoms. The van der Waals surface area contributed by atoms with E-state index in [0.717, 1.165) is 37.1 Å². The number of aryl methyl sites for hydroxylation is 4. The second-order valence-electron chi connectivity index (χ2n) is 27.1. The molecule has 10 rings (SSSR count). The normalized spacial score (nSPS) is 9.21. The predicted molar refractivity (Wildman–Crippen MR) is 503 cm³/mol. The van der Waals surface area contributed by atoms with Crippen molar-refractivity contribution in [3.05, 3.63) is 267 Å². The molecule has 0 atom stereocenters. The summed E-state index contributed by atoms with van der Waals surface area (Å²) in [5.74, 6) is 0. The molecule has 0 spiro atoms. The van der Waals surface area contributed by atoms with Crippen LogP contribution in [0.2, 0.25) is 0 Å². The van der Waals surface area contributed by atoms with Gasteiger partial charge < -0.3 is 65.7 Å². The number of aromatic nitrogens is 6. The predicted octanol–water partition coefficient (Wildman–Crippen LogP) is 20.2. The average Bonchev–Trinajstić information content (AvgIpc) is 0.795. The van der Waals surface area contributed by atoms with Crippen LogP contribution >= 0.6 is 0 Å². The first-order valence-electron chi connectivity index (χ1n) is 41.0. The van der Waals surface area contributed by atoms with Crippen LogP contribution in [0.25, 0.3) is 103 Å². The van der Waals surface area contributed by atoms with Crippen molar-refractivity contribution in [1.29, 1.82) is 0 Å². The molecule has 0 aliphatic rings. The summed E-state index contributed by atoms with van der Waals surface area (Å²) in [4.78, 5) is 72.4. The molecule has 30 heteroatoms. The Balaban J connectivity index is -0.000000143. The molecule has 724 valence electrons. The summed E-state index contributed by atoms with van der Waals surface area (Å²) in [7, 11) is -9.89. The molecule has 0 saturated heterocycles. The zero-order valence-corrected chi connectivity index (χ0v) is 83.0. The number of nitrogens with zero attached hydrogens (tertiary/aromatic N) is 6. The number of unbranched alkanes of at least 4 members (excludes halogenated alkanes) is 20. The van der Waals surface area contributed by atoms with Crippen LogP contribution in [-0.2, 0) is 95.3 Å². The van der Waals surface area contributed by atoms with Gasteiger partial charge in [-0.1, -0.05) is 313 Å². The number of hydrogen-bond acceptors (Lipinski definition) is 22. The van der Waals surface area contributed by atoms with Gasteiger partial charge in [-0.15, -0.1) is 20.5 Å². The van der Waals surface area contributed by atoms with Gasteiger partial charge in [0.25, 0.3) is 0 Å². The van der Waals surface area contributed by atoms with Crippen molar-refractivity contribution in [1.82, 2.24) is 42.2 Å². The van der Waals surface area contributed by atoms with Crippen LogP contribution < -0.4 is 49.6 Å². The van der Waals surface area contributed by atoms with Gasteiger partial charge in [-0.3, -0.25) is 70.6 Å². The molecule has 0 fully saturated rings. The van der Waals surface area contributed by atoms with E-state index in [2.05, 4.69) is 223 Å². The van der Waals surface area contributed by atoms with Crippen LogP contribution in [0.4, 0.5) is 0 Å². The molecule has 0 unspecified atom stereocenters. The van der Waals surface area contributed by atoms with Gasteiger partial charge in [0.2, 0.25) is 0 Å². The molecular formula is C99H144Cl2N12O14Re2-12. The Morgan fingerprint density at radius 2 is 0.426 bits per heavy atom. The van der Waals surface area contributed by atoms with Gasteiger partial charge in [0, 0.05) is 103 Å². The molecule has 10 aromatic rings. The first-order chi connectivity index (χ1) is 58.4. The SMILES string of the molecule is C.CCC.CCC.CCCCCCCCc1cc(-c2cccnc2)ccc1-c1ccc(-c2cccnc2)cc1CCCCCCCC.CCCCCCCCc1cc(-c2cccnc2)ccc1-c1ccc(-c2cccnc2)cc1CCCCCCCC.N.N.[CH-]=O.[CH-]=O.[CH-]=O.[CH-]=O.[CH-]=O.[CH-]=O.[NH2-].[NH2-].[NH2-].[NH2-].[O-][Cl+3]([O-])([O-])[O-].[O-][Cl+3]([O-])([O-])[O-].[Re].[Re].c1ccc(-c2ccccn2)nc1. The molecule has 0 saturated carbocycles. The van der Waals surface area contributed by atoms with Gasteiger partial charge >= 0.3 is 0 Å². The summed E-state index contributed by atoms with van der Waals surface area (Å²) >= 11 is 0. The number of nitrogens with two attached hydrogens (primary N) is 4. The number of rotatable bonds is 35. The summed E-state index contributed by atoms with van der Waals surface area (Å²) in [6.45, 7) is 37.2. The van der Waals surface area contributed by atoms with Crippen molar-refractivity contribution < 1.29 is 127 Å². The van der Waals surface area contributed by atoms with Crippen molar-refractivity contribution in [3.8, 4) is 78.1 Å². The summed E-state index contributed by atoms with van der Waals surface area (Å²) in [6.07, 6.45) is 57.5. The minimum absolute atomic E-state index is 0. The molecule has 14 N–H and O–H groups in total. The number of benzene rings is 4. The molecule has 6 aromatic heterocycles. The number of carbonyl (C=O) groups excluding carboxylic acids is 6.